The second-order valence-electron chi connectivity index (χ2n) is 4.95. The van der Waals surface area contributed by atoms with Gasteiger partial charge in [-0.05, 0) is 57.5 Å². The molecule has 0 radical (unpaired) electrons. The lowest BCUT2D eigenvalue weighted by Gasteiger charge is -2.23. The van der Waals surface area contributed by atoms with Crippen LogP contribution in [0.25, 0.3) is 0 Å². The first-order valence-electron chi connectivity index (χ1n) is 5.88. The highest BCUT2D eigenvalue weighted by molar-refractivity contribution is 5.30. The van der Waals surface area contributed by atoms with E-state index in [1.165, 1.54) is 16.7 Å². The molecule has 1 aromatic carbocycles. The van der Waals surface area contributed by atoms with Crippen LogP contribution in [0.5, 0.6) is 0 Å². The molecular weight excluding hydrogens is 198 g/mol. The number of benzene rings is 1. The molecule has 2 nitrogen and oxygen atoms in total. The summed E-state index contributed by atoms with van der Waals surface area (Å²) in [5.74, 6) is 0. The summed E-state index contributed by atoms with van der Waals surface area (Å²) in [6.45, 7) is 6.97. The number of nitrogens with one attached hydrogen (secondary N) is 1. The highest BCUT2D eigenvalue weighted by Gasteiger charge is 2.20. The lowest BCUT2D eigenvalue weighted by atomic mass is 9.92. The summed E-state index contributed by atoms with van der Waals surface area (Å²) in [5.41, 5.74) is 3.19. The number of hydrogen-bond donors (Lipinski definition) is 2. The molecule has 0 fully saturated rings. The second kappa shape index (κ2) is 5.46. The summed E-state index contributed by atoms with van der Waals surface area (Å²) in [7, 11) is 1.91. The van der Waals surface area contributed by atoms with Crippen LogP contribution >= 0.6 is 0 Å². The molecule has 0 saturated heterocycles. The molecule has 2 N–H and O–H groups in total. The van der Waals surface area contributed by atoms with Crippen LogP contribution in [-0.2, 0) is 6.42 Å². The molecule has 0 spiro atoms. The van der Waals surface area contributed by atoms with Gasteiger partial charge in [0.25, 0.3) is 0 Å². The minimum atomic E-state index is -0.620. The number of rotatable bonds is 5. The molecule has 16 heavy (non-hydrogen) atoms. The van der Waals surface area contributed by atoms with Crippen LogP contribution in [0.15, 0.2) is 18.2 Å². The Morgan fingerprint density at radius 1 is 1.25 bits per heavy atom. The standard InChI is InChI=1S/C14H23NO/c1-11-5-6-13(9-12(11)2)10-14(3,16)7-8-15-4/h5-6,9,15-16H,7-8,10H2,1-4H3. The molecule has 0 amide bonds. The topological polar surface area (TPSA) is 32.3 Å². The van der Waals surface area contributed by atoms with Crippen molar-refractivity contribution in [3.8, 4) is 0 Å². The van der Waals surface area contributed by atoms with Crippen LogP contribution in [0, 0.1) is 13.8 Å². The Labute approximate surface area is 98.7 Å². The van der Waals surface area contributed by atoms with Crippen molar-refractivity contribution in [3.05, 3.63) is 34.9 Å². The highest BCUT2D eigenvalue weighted by Crippen LogP contribution is 2.18. The lowest BCUT2D eigenvalue weighted by molar-refractivity contribution is 0.0520. The van der Waals surface area contributed by atoms with Gasteiger partial charge >= 0.3 is 0 Å². The van der Waals surface area contributed by atoms with Gasteiger partial charge in [0.05, 0.1) is 5.60 Å². The molecule has 0 aliphatic rings. The Balaban J connectivity index is 2.68. The summed E-state index contributed by atoms with van der Waals surface area (Å²) < 4.78 is 0. The van der Waals surface area contributed by atoms with Gasteiger partial charge in [0.1, 0.15) is 0 Å². The van der Waals surface area contributed by atoms with Crippen LogP contribution in [0.4, 0.5) is 0 Å². The Hall–Kier alpha value is -0.860. The predicted octanol–water partition coefficient (Wildman–Crippen LogP) is 2.21. The molecule has 1 unspecified atom stereocenters. The third-order valence-corrected chi connectivity index (χ3v) is 3.07. The monoisotopic (exact) mass is 221 g/mol. The van der Waals surface area contributed by atoms with Crippen molar-refractivity contribution in [2.24, 2.45) is 0 Å². The van der Waals surface area contributed by atoms with Gasteiger partial charge in [-0.15, -0.1) is 0 Å². The maximum atomic E-state index is 10.2. The summed E-state index contributed by atoms with van der Waals surface area (Å²) in [4.78, 5) is 0. The molecule has 0 heterocycles. The van der Waals surface area contributed by atoms with Crippen molar-refractivity contribution in [3.63, 3.8) is 0 Å². The molecule has 2 heteroatoms. The molecule has 1 aromatic rings. The van der Waals surface area contributed by atoms with E-state index in [0.29, 0.717) is 0 Å². The number of hydrogen-bond acceptors (Lipinski definition) is 2. The third kappa shape index (κ3) is 3.95. The zero-order valence-electron chi connectivity index (χ0n) is 10.8. The minimum Gasteiger partial charge on any atom is -0.390 e. The average Bonchev–Trinajstić information content (AvgIpc) is 2.20. The van der Waals surface area contributed by atoms with Crippen molar-refractivity contribution in [1.29, 1.82) is 0 Å². The Morgan fingerprint density at radius 2 is 1.94 bits per heavy atom. The number of aryl methyl sites for hydroxylation is 2. The Kier molecular flexibility index (Phi) is 4.51. The van der Waals surface area contributed by atoms with Gasteiger partial charge in [0.2, 0.25) is 0 Å². The van der Waals surface area contributed by atoms with Crippen molar-refractivity contribution in [1.82, 2.24) is 5.32 Å². The smallest absolute Gasteiger partial charge is 0.0672 e. The normalized spacial score (nSPS) is 14.8. The van der Waals surface area contributed by atoms with Crippen LogP contribution < -0.4 is 5.32 Å². The molecule has 0 aromatic heterocycles. The fourth-order valence-electron chi connectivity index (χ4n) is 1.84. The van der Waals surface area contributed by atoms with Crippen molar-refractivity contribution in [2.45, 2.75) is 39.2 Å². The first-order chi connectivity index (χ1) is 7.44. The first kappa shape index (κ1) is 13.2. The van der Waals surface area contributed by atoms with Gasteiger partial charge in [-0.2, -0.15) is 0 Å². The minimum absolute atomic E-state index is 0.620. The molecule has 1 rings (SSSR count). The van der Waals surface area contributed by atoms with Crippen LogP contribution in [0.1, 0.15) is 30.0 Å². The van der Waals surface area contributed by atoms with Gasteiger partial charge in [0.15, 0.2) is 0 Å². The summed E-state index contributed by atoms with van der Waals surface area (Å²) in [6, 6.07) is 6.40. The highest BCUT2D eigenvalue weighted by atomic mass is 16.3. The van der Waals surface area contributed by atoms with E-state index >= 15 is 0 Å². The summed E-state index contributed by atoms with van der Waals surface area (Å²) >= 11 is 0. The first-order valence-corrected chi connectivity index (χ1v) is 5.88. The van der Waals surface area contributed by atoms with E-state index in [9.17, 15) is 5.11 Å². The SMILES string of the molecule is CNCCC(C)(O)Cc1ccc(C)c(C)c1. The fourth-order valence-corrected chi connectivity index (χ4v) is 1.84. The fraction of sp³-hybridized carbons (Fsp3) is 0.571. The van der Waals surface area contributed by atoms with Crippen molar-refractivity contribution < 1.29 is 5.11 Å². The predicted molar refractivity (Wildman–Crippen MR) is 68.8 cm³/mol. The van der Waals surface area contributed by atoms with Crippen LogP contribution in [0.2, 0.25) is 0 Å². The molecular formula is C14H23NO. The molecule has 0 aliphatic heterocycles. The van der Waals surface area contributed by atoms with E-state index in [1.807, 2.05) is 14.0 Å². The molecule has 0 aliphatic carbocycles. The van der Waals surface area contributed by atoms with Gasteiger partial charge in [-0.3, -0.25) is 0 Å². The van der Waals surface area contributed by atoms with E-state index in [0.717, 1.165) is 19.4 Å². The zero-order valence-corrected chi connectivity index (χ0v) is 10.8. The van der Waals surface area contributed by atoms with Crippen molar-refractivity contribution in [2.75, 3.05) is 13.6 Å². The van der Waals surface area contributed by atoms with E-state index in [4.69, 9.17) is 0 Å². The van der Waals surface area contributed by atoms with E-state index < -0.39 is 5.60 Å². The molecule has 1 atom stereocenters. The van der Waals surface area contributed by atoms with E-state index in [1.54, 1.807) is 0 Å². The average molecular weight is 221 g/mol. The maximum absolute atomic E-state index is 10.2. The van der Waals surface area contributed by atoms with E-state index in [-0.39, 0.29) is 0 Å². The lowest BCUT2D eigenvalue weighted by Crippen LogP contribution is -2.31. The summed E-state index contributed by atoms with van der Waals surface area (Å²) in [5, 5.41) is 13.3. The van der Waals surface area contributed by atoms with Gasteiger partial charge < -0.3 is 10.4 Å². The number of aliphatic hydroxyl groups is 1. The molecule has 0 bridgehead atoms. The maximum Gasteiger partial charge on any atom is 0.0672 e. The third-order valence-electron chi connectivity index (χ3n) is 3.07. The Morgan fingerprint density at radius 3 is 2.50 bits per heavy atom. The van der Waals surface area contributed by atoms with Crippen LogP contribution in [-0.4, -0.2) is 24.3 Å². The zero-order chi connectivity index (χ0) is 12.2. The second-order valence-corrected chi connectivity index (χ2v) is 4.95. The molecule has 0 saturated carbocycles. The van der Waals surface area contributed by atoms with E-state index in [2.05, 4.69) is 37.4 Å². The molecule has 90 valence electrons. The van der Waals surface area contributed by atoms with Crippen LogP contribution in [0.3, 0.4) is 0 Å². The van der Waals surface area contributed by atoms with Crippen molar-refractivity contribution >= 4 is 0 Å². The largest absolute Gasteiger partial charge is 0.390 e. The summed E-state index contributed by atoms with van der Waals surface area (Å²) in [6.07, 6.45) is 1.49. The van der Waals surface area contributed by atoms with Gasteiger partial charge in [-0.25, -0.2) is 0 Å². The Bertz CT molecular complexity index is 345. The quantitative estimate of drug-likeness (QED) is 0.799. The van der Waals surface area contributed by atoms with Gasteiger partial charge in [0, 0.05) is 6.42 Å². The van der Waals surface area contributed by atoms with Gasteiger partial charge in [-0.1, -0.05) is 18.2 Å².